The summed E-state index contributed by atoms with van der Waals surface area (Å²) in [5, 5.41) is 1.01. The van der Waals surface area contributed by atoms with Crippen LogP contribution in [0.25, 0.3) is 0 Å². The Hall–Kier alpha value is -1.33. The molecule has 0 atom stereocenters. The molecule has 3 aromatic carbocycles. The maximum Gasteiger partial charge on any atom is 0.119 e. The Morgan fingerprint density at radius 1 is 0.885 bits per heavy atom. The molecule has 6 heteroatoms. The first-order valence-corrected chi connectivity index (χ1v) is 10.0. The zero-order chi connectivity index (χ0) is 18.5. The van der Waals surface area contributed by atoms with Gasteiger partial charge in [-0.15, -0.1) is 0 Å². The van der Waals surface area contributed by atoms with Gasteiger partial charge in [0.15, 0.2) is 0 Å². The van der Waals surface area contributed by atoms with E-state index in [1.54, 1.807) is 18.3 Å². The summed E-state index contributed by atoms with van der Waals surface area (Å²) in [6.07, 6.45) is 1.77. The highest BCUT2D eigenvalue weighted by Gasteiger charge is 2.02. The Bertz CT molecular complexity index is 943. The van der Waals surface area contributed by atoms with Crippen LogP contribution in [0.5, 0.6) is 5.75 Å². The predicted molar refractivity (Wildman–Crippen MR) is 116 cm³/mol. The zero-order valence-electron chi connectivity index (χ0n) is 13.4. The summed E-state index contributed by atoms with van der Waals surface area (Å²) in [7, 11) is 0. The monoisotopic (exact) mass is 511 g/mol. The average molecular weight is 514 g/mol. The van der Waals surface area contributed by atoms with Gasteiger partial charge in [-0.1, -0.05) is 61.1 Å². The number of nitrogens with zero attached hydrogens (tertiary/aromatic N) is 1. The molecule has 3 aromatic rings. The van der Waals surface area contributed by atoms with Crippen molar-refractivity contribution >= 4 is 67.0 Å². The van der Waals surface area contributed by atoms with Gasteiger partial charge < -0.3 is 4.74 Å². The van der Waals surface area contributed by atoms with Gasteiger partial charge in [0.1, 0.15) is 12.4 Å². The molecule has 0 spiro atoms. The van der Waals surface area contributed by atoms with E-state index in [0.717, 1.165) is 31.5 Å². The molecule has 0 aliphatic carbocycles. The lowest BCUT2D eigenvalue weighted by atomic mass is 10.2. The molecule has 0 fully saturated rings. The molecule has 3 rings (SSSR count). The average Bonchev–Trinajstić information content (AvgIpc) is 2.63. The SMILES string of the molecule is Clc1ccc(N=Cc2ccc(OCc3ccc(Br)cc3Br)cc2)cc1Cl. The van der Waals surface area contributed by atoms with Crippen LogP contribution < -0.4 is 4.74 Å². The van der Waals surface area contributed by atoms with E-state index >= 15 is 0 Å². The van der Waals surface area contributed by atoms with Crippen molar-refractivity contribution in [3.63, 3.8) is 0 Å². The molecule has 0 aromatic heterocycles. The summed E-state index contributed by atoms with van der Waals surface area (Å²) in [6, 6.07) is 19.0. The first kappa shape index (κ1) is 19.4. The fourth-order valence-electron chi connectivity index (χ4n) is 2.16. The van der Waals surface area contributed by atoms with E-state index in [4.69, 9.17) is 27.9 Å². The maximum absolute atomic E-state index is 5.99. The highest BCUT2D eigenvalue weighted by Crippen LogP contribution is 2.27. The Balaban J connectivity index is 1.62. The lowest BCUT2D eigenvalue weighted by Crippen LogP contribution is -1.96. The van der Waals surface area contributed by atoms with E-state index in [2.05, 4.69) is 36.9 Å². The standard InChI is InChI=1S/C20H13Br2Cl2NO/c21-15-4-3-14(18(22)9-15)12-26-17-6-1-13(2-7-17)11-25-16-5-8-19(23)20(24)10-16/h1-11H,12H2. The van der Waals surface area contributed by atoms with E-state index in [0.29, 0.717) is 16.7 Å². The molecule has 0 unspecified atom stereocenters. The summed E-state index contributed by atoms with van der Waals surface area (Å²) in [5.41, 5.74) is 2.80. The fraction of sp³-hybridized carbons (Fsp3) is 0.0500. The minimum absolute atomic E-state index is 0.490. The molecular weight excluding hydrogens is 501 g/mol. The van der Waals surface area contributed by atoms with Gasteiger partial charge in [-0.25, -0.2) is 0 Å². The lowest BCUT2D eigenvalue weighted by molar-refractivity contribution is 0.305. The Kier molecular flexibility index (Phi) is 6.76. The summed E-state index contributed by atoms with van der Waals surface area (Å²) in [5.74, 6) is 0.798. The molecular formula is C20H13Br2Cl2NO. The van der Waals surface area contributed by atoms with Crippen LogP contribution in [0, 0.1) is 0 Å². The molecule has 0 N–H and O–H groups in total. The summed E-state index contributed by atoms with van der Waals surface area (Å²) >= 11 is 18.9. The van der Waals surface area contributed by atoms with Crippen molar-refractivity contribution in [3.8, 4) is 5.75 Å². The minimum Gasteiger partial charge on any atom is -0.489 e. The van der Waals surface area contributed by atoms with Gasteiger partial charge >= 0.3 is 0 Å². The predicted octanol–water partition coefficient (Wildman–Crippen LogP) is 7.85. The van der Waals surface area contributed by atoms with Crippen molar-refractivity contribution < 1.29 is 4.74 Å². The molecule has 2 nitrogen and oxygen atoms in total. The van der Waals surface area contributed by atoms with E-state index in [1.807, 2.05) is 48.5 Å². The third-order valence-corrected chi connectivity index (χ3v) is 5.53. The van der Waals surface area contributed by atoms with Crippen LogP contribution in [-0.2, 0) is 6.61 Å². The highest BCUT2D eigenvalue weighted by atomic mass is 79.9. The summed E-state index contributed by atoms with van der Waals surface area (Å²) < 4.78 is 7.88. The van der Waals surface area contributed by atoms with Gasteiger partial charge in [-0.3, -0.25) is 4.99 Å². The van der Waals surface area contributed by atoms with Crippen LogP contribution in [0.15, 0.2) is 74.6 Å². The summed E-state index contributed by atoms with van der Waals surface area (Å²) in [6.45, 7) is 0.491. The number of halogens is 4. The Morgan fingerprint density at radius 2 is 1.65 bits per heavy atom. The van der Waals surface area contributed by atoms with E-state index in [9.17, 15) is 0 Å². The topological polar surface area (TPSA) is 21.6 Å². The second-order valence-electron chi connectivity index (χ2n) is 5.45. The van der Waals surface area contributed by atoms with Gasteiger partial charge in [0.2, 0.25) is 0 Å². The Morgan fingerprint density at radius 3 is 2.35 bits per heavy atom. The van der Waals surface area contributed by atoms with Crippen LogP contribution >= 0.6 is 55.1 Å². The van der Waals surface area contributed by atoms with Gasteiger partial charge in [0.05, 0.1) is 15.7 Å². The largest absolute Gasteiger partial charge is 0.489 e. The minimum atomic E-state index is 0.490. The summed E-state index contributed by atoms with van der Waals surface area (Å²) in [4.78, 5) is 4.40. The molecule has 0 amide bonds. The number of aliphatic imine (C=N–C) groups is 1. The van der Waals surface area contributed by atoms with Gasteiger partial charge in [0.25, 0.3) is 0 Å². The van der Waals surface area contributed by atoms with Crippen molar-refractivity contribution in [2.75, 3.05) is 0 Å². The smallest absolute Gasteiger partial charge is 0.119 e. The van der Waals surface area contributed by atoms with Crippen LogP contribution in [0.3, 0.4) is 0 Å². The molecule has 26 heavy (non-hydrogen) atoms. The number of hydrogen-bond donors (Lipinski definition) is 0. The molecule has 0 saturated carbocycles. The first-order chi connectivity index (χ1) is 12.5. The molecule has 0 bridgehead atoms. The molecule has 0 aliphatic rings. The second kappa shape index (κ2) is 9.05. The molecule has 0 radical (unpaired) electrons. The third-order valence-electron chi connectivity index (χ3n) is 3.56. The van der Waals surface area contributed by atoms with Crippen LogP contribution in [-0.4, -0.2) is 6.21 Å². The Labute approximate surface area is 179 Å². The van der Waals surface area contributed by atoms with E-state index in [1.165, 1.54) is 0 Å². The van der Waals surface area contributed by atoms with Crippen LogP contribution in [0.2, 0.25) is 10.0 Å². The third kappa shape index (κ3) is 5.34. The van der Waals surface area contributed by atoms with Gasteiger partial charge in [-0.05, 0) is 60.2 Å². The molecule has 0 aliphatic heterocycles. The van der Waals surface area contributed by atoms with Crippen molar-refractivity contribution in [1.82, 2.24) is 0 Å². The maximum atomic E-state index is 5.99. The molecule has 0 saturated heterocycles. The lowest BCUT2D eigenvalue weighted by Gasteiger charge is -2.08. The van der Waals surface area contributed by atoms with Crippen LogP contribution in [0.4, 0.5) is 5.69 Å². The van der Waals surface area contributed by atoms with Crippen molar-refractivity contribution in [3.05, 3.63) is 90.8 Å². The number of benzene rings is 3. The number of ether oxygens (including phenoxy) is 1. The molecule has 132 valence electrons. The molecule has 0 heterocycles. The van der Waals surface area contributed by atoms with E-state index in [-0.39, 0.29) is 0 Å². The van der Waals surface area contributed by atoms with Gasteiger partial charge in [0, 0.05) is 20.7 Å². The second-order valence-corrected chi connectivity index (χ2v) is 8.03. The normalized spacial score (nSPS) is 11.1. The highest BCUT2D eigenvalue weighted by molar-refractivity contribution is 9.11. The van der Waals surface area contributed by atoms with Gasteiger partial charge in [-0.2, -0.15) is 0 Å². The first-order valence-electron chi connectivity index (χ1n) is 7.67. The van der Waals surface area contributed by atoms with Crippen molar-refractivity contribution in [1.29, 1.82) is 0 Å². The van der Waals surface area contributed by atoms with Crippen molar-refractivity contribution in [2.45, 2.75) is 6.61 Å². The van der Waals surface area contributed by atoms with Crippen LogP contribution in [0.1, 0.15) is 11.1 Å². The fourth-order valence-corrected chi connectivity index (χ4v) is 3.62. The quantitative estimate of drug-likeness (QED) is 0.318. The number of rotatable bonds is 5. The van der Waals surface area contributed by atoms with Crippen molar-refractivity contribution in [2.24, 2.45) is 4.99 Å². The van der Waals surface area contributed by atoms with E-state index < -0.39 is 0 Å². The number of hydrogen-bond acceptors (Lipinski definition) is 2. The zero-order valence-corrected chi connectivity index (χ0v) is 18.1.